The molecule has 2 aromatic carbocycles. The van der Waals surface area contributed by atoms with Crippen LogP contribution in [0.3, 0.4) is 0 Å². The number of nitrogens with one attached hydrogen (secondary N) is 1. The average molecular weight is 418 g/mol. The number of H-pyrrole nitrogens is 1. The Morgan fingerprint density at radius 1 is 1.03 bits per heavy atom. The van der Waals surface area contributed by atoms with Crippen molar-refractivity contribution in [2.45, 2.75) is 25.3 Å². The summed E-state index contributed by atoms with van der Waals surface area (Å²) in [6, 6.07) is 14.1. The molecule has 0 spiro atoms. The van der Waals surface area contributed by atoms with E-state index in [2.05, 4.69) is 23.3 Å². The summed E-state index contributed by atoms with van der Waals surface area (Å²) in [4.78, 5) is 18.4. The van der Waals surface area contributed by atoms with Crippen LogP contribution in [0.4, 0.5) is 0 Å². The molecule has 6 heteroatoms. The van der Waals surface area contributed by atoms with Gasteiger partial charge in [-0.15, -0.1) is 0 Å². The molecule has 1 amide bonds. The van der Waals surface area contributed by atoms with E-state index in [1.54, 1.807) is 14.2 Å². The summed E-state index contributed by atoms with van der Waals surface area (Å²) in [5, 5.41) is 2.30. The molecule has 1 saturated heterocycles. The summed E-state index contributed by atoms with van der Waals surface area (Å²) >= 11 is 0. The van der Waals surface area contributed by atoms with E-state index in [1.807, 2.05) is 46.0 Å². The number of aromatic amines is 1. The lowest BCUT2D eigenvalue weighted by Gasteiger charge is -2.32. The number of ether oxygens (including phenoxy) is 2. The Bertz CT molecular complexity index is 1230. The number of piperidine rings is 1. The van der Waals surface area contributed by atoms with E-state index in [0.717, 1.165) is 53.8 Å². The minimum Gasteiger partial charge on any atom is -0.497 e. The molecule has 0 unspecified atom stereocenters. The number of aromatic nitrogens is 2. The number of methoxy groups -OCH3 is 2. The third-order valence-corrected chi connectivity index (χ3v) is 6.49. The first kappa shape index (κ1) is 19.5. The molecular weight excluding hydrogens is 390 g/mol. The zero-order valence-corrected chi connectivity index (χ0v) is 17.9. The van der Waals surface area contributed by atoms with Crippen LogP contribution in [0.15, 0.2) is 54.9 Å². The lowest BCUT2D eigenvalue weighted by molar-refractivity contribution is -0.132. The van der Waals surface area contributed by atoms with Gasteiger partial charge in [-0.25, -0.2) is 0 Å². The third-order valence-electron chi connectivity index (χ3n) is 6.49. The fraction of sp³-hybridized carbons (Fsp3) is 0.320. The summed E-state index contributed by atoms with van der Waals surface area (Å²) in [5.41, 5.74) is 3.51. The van der Waals surface area contributed by atoms with Gasteiger partial charge < -0.3 is 23.9 Å². The number of amides is 1. The highest BCUT2D eigenvalue weighted by Gasteiger charge is 2.26. The van der Waals surface area contributed by atoms with Crippen molar-refractivity contribution in [3.8, 4) is 11.5 Å². The van der Waals surface area contributed by atoms with Gasteiger partial charge in [0, 0.05) is 47.3 Å². The van der Waals surface area contributed by atoms with Crippen LogP contribution in [0.25, 0.3) is 21.8 Å². The van der Waals surface area contributed by atoms with Crippen LogP contribution in [0, 0.1) is 0 Å². The zero-order chi connectivity index (χ0) is 21.4. The number of hydrogen-bond donors (Lipinski definition) is 1. The van der Waals surface area contributed by atoms with Gasteiger partial charge in [-0.3, -0.25) is 4.79 Å². The first-order valence-corrected chi connectivity index (χ1v) is 10.7. The van der Waals surface area contributed by atoms with Gasteiger partial charge >= 0.3 is 0 Å². The molecule has 0 aliphatic carbocycles. The van der Waals surface area contributed by atoms with Gasteiger partial charge in [-0.1, -0.05) is 0 Å². The largest absolute Gasteiger partial charge is 0.497 e. The van der Waals surface area contributed by atoms with Crippen molar-refractivity contribution >= 4 is 27.7 Å². The monoisotopic (exact) mass is 417 g/mol. The fourth-order valence-electron chi connectivity index (χ4n) is 4.71. The summed E-state index contributed by atoms with van der Waals surface area (Å²) in [6.45, 7) is 1.94. The second-order valence-corrected chi connectivity index (χ2v) is 8.18. The van der Waals surface area contributed by atoms with Crippen molar-refractivity contribution in [2.24, 2.45) is 0 Å². The number of rotatable bonds is 5. The average Bonchev–Trinajstić information content (AvgIpc) is 3.42. The zero-order valence-electron chi connectivity index (χ0n) is 17.9. The summed E-state index contributed by atoms with van der Waals surface area (Å²) in [5.74, 6) is 2.32. The van der Waals surface area contributed by atoms with Gasteiger partial charge in [0.15, 0.2) is 0 Å². The van der Waals surface area contributed by atoms with E-state index < -0.39 is 0 Å². The van der Waals surface area contributed by atoms with Crippen LogP contribution in [-0.4, -0.2) is 47.7 Å². The second kappa shape index (κ2) is 8.02. The van der Waals surface area contributed by atoms with Gasteiger partial charge in [-0.2, -0.15) is 0 Å². The molecule has 0 saturated carbocycles. The third kappa shape index (κ3) is 3.63. The topological polar surface area (TPSA) is 59.5 Å². The second-order valence-electron chi connectivity index (χ2n) is 8.18. The molecular formula is C25H27N3O3. The predicted molar refractivity (Wildman–Crippen MR) is 122 cm³/mol. The van der Waals surface area contributed by atoms with Crippen LogP contribution in [-0.2, 0) is 11.3 Å². The molecule has 6 nitrogen and oxygen atoms in total. The van der Waals surface area contributed by atoms with Crippen molar-refractivity contribution in [1.29, 1.82) is 0 Å². The number of fused-ring (bicyclic) bond motifs is 2. The van der Waals surface area contributed by atoms with E-state index in [-0.39, 0.29) is 5.91 Å². The first-order valence-electron chi connectivity index (χ1n) is 10.7. The van der Waals surface area contributed by atoms with Crippen LogP contribution < -0.4 is 9.47 Å². The molecule has 1 fully saturated rings. The number of hydrogen-bond acceptors (Lipinski definition) is 3. The molecule has 160 valence electrons. The maximum absolute atomic E-state index is 13.0. The molecule has 0 atom stereocenters. The smallest absolute Gasteiger partial charge is 0.242 e. The lowest BCUT2D eigenvalue weighted by atomic mass is 9.89. The van der Waals surface area contributed by atoms with Crippen LogP contribution in [0.5, 0.6) is 11.5 Å². The molecule has 0 bridgehead atoms. The van der Waals surface area contributed by atoms with Crippen molar-refractivity contribution in [3.05, 3.63) is 60.4 Å². The van der Waals surface area contributed by atoms with Gasteiger partial charge in [0.2, 0.25) is 5.91 Å². The van der Waals surface area contributed by atoms with Crippen LogP contribution in [0.1, 0.15) is 24.3 Å². The van der Waals surface area contributed by atoms with Crippen LogP contribution >= 0.6 is 0 Å². The molecule has 1 aliphatic heterocycles. The lowest BCUT2D eigenvalue weighted by Crippen LogP contribution is -2.39. The maximum atomic E-state index is 13.0. The number of carbonyl (C=O) groups is 1. The Morgan fingerprint density at radius 2 is 1.77 bits per heavy atom. The van der Waals surface area contributed by atoms with Crippen LogP contribution in [0.2, 0.25) is 0 Å². The Morgan fingerprint density at radius 3 is 2.55 bits per heavy atom. The highest BCUT2D eigenvalue weighted by Crippen LogP contribution is 2.34. The molecule has 3 heterocycles. The highest BCUT2D eigenvalue weighted by atomic mass is 16.5. The molecule has 0 radical (unpaired) electrons. The molecule has 4 aromatic rings. The summed E-state index contributed by atoms with van der Waals surface area (Å²) in [6.07, 6.45) is 6.04. The van der Waals surface area contributed by atoms with Crippen molar-refractivity contribution in [2.75, 3.05) is 27.3 Å². The minimum absolute atomic E-state index is 0.173. The van der Waals surface area contributed by atoms with Gasteiger partial charge in [0.25, 0.3) is 0 Å². The molecule has 1 aliphatic rings. The quantitative estimate of drug-likeness (QED) is 0.518. The molecule has 5 rings (SSSR count). The fourth-order valence-corrected chi connectivity index (χ4v) is 4.71. The predicted octanol–water partition coefficient (Wildman–Crippen LogP) is 4.55. The van der Waals surface area contributed by atoms with E-state index >= 15 is 0 Å². The number of carbonyl (C=O) groups excluding carboxylic acids is 1. The number of benzene rings is 2. The Labute approximate surface area is 181 Å². The minimum atomic E-state index is 0.173. The Hall–Kier alpha value is -3.41. The highest BCUT2D eigenvalue weighted by molar-refractivity contribution is 5.86. The number of likely N-dealkylation sites (tertiary alicyclic amines) is 1. The summed E-state index contributed by atoms with van der Waals surface area (Å²) in [7, 11) is 3.36. The van der Waals surface area contributed by atoms with Crippen molar-refractivity contribution < 1.29 is 14.3 Å². The molecule has 31 heavy (non-hydrogen) atoms. The Kier molecular flexibility index (Phi) is 5.06. The normalized spacial score (nSPS) is 15.0. The van der Waals surface area contributed by atoms with E-state index in [1.165, 1.54) is 10.9 Å². The standard InChI is InChI=1S/C25H27N3O3/c1-30-19-4-6-24-18(13-19)9-12-28(24)16-25(29)27-10-7-17(8-11-27)22-15-26-23-5-3-20(31-2)14-21(22)23/h3-6,9,12-15,17,26H,7-8,10-11,16H2,1-2H3. The van der Waals surface area contributed by atoms with E-state index in [0.29, 0.717) is 12.5 Å². The van der Waals surface area contributed by atoms with Crippen molar-refractivity contribution in [3.63, 3.8) is 0 Å². The first-order chi connectivity index (χ1) is 15.2. The Balaban J connectivity index is 1.26. The van der Waals surface area contributed by atoms with E-state index in [9.17, 15) is 4.79 Å². The molecule has 2 aromatic heterocycles. The molecule has 1 N–H and O–H groups in total. The van der Waals surface area contributed by atoms with E-state index in [4.69, 9.17) is 9.47 Å². The number of nitrogens with zero attached hydrogens (tertiary/aromatic N) is 2. The SMILES string of the molecule is COc1ccc2c(ccn2CC(=O)N2CCC(c3c[nH]c4ccc(OC)cc34)CC2)c1. The van der Waals surface area contributed by atoms with Gasteiger partial charge in [0.05, 0.1) is 14.2 Å². The van der Waals surface area contributed by atoms with Crippen molar-refractivity contribution in [1.82, 2.24) is 14.5 Å². The summed E-state index contributed by atoms with van der Waals surface area (Å²) < 4.78 is 12.7. The van der Waals surface area contributed by atoms with Gasteiger partial charge in [-0.05, 0) is 66.8 Å². The maximum Gasteiger partial charge on any atom is 0.242 e. The van der Waals surface area contributed by atoms with Gasteiger partial charge in [0.1, 0.15) is 18.0 Å².